The third kappa shape index (κ3) is 4.67. The molecule has 106 valence electrons. The van der Waals surface area contributed by atoms with Crippen LogP contribution in [0.15, 0.2) is 13.8 Å². The summed E-state index contributed by atoms with van der Waals surface area (Å²) in [5, 5.41) is 0. The Kier molecular flexibility index (Phi) is 5.87. The Bertz CT molecular complexity index is 406. The van der Waals surface area contributed by atoms with Crippen LogP contribution in [0.4, 0.5) is 21.0 Å². The predicted molar refractivity (Wildman–Crippen MR) is 63.1 cm³/mol. The fourth-order valence-electron chi connectivity index (χ4n) is 1.19. The van der Waals surface area contributed by atoms with Crippen molar-refractivity contribution in [3.05, 3.63) is 0 Å². The first-order valence-corrected chi connectivity index (χ1v) is 8.66. The number of morpholine rings is 1. The van der Waals surface area contributed by atoms with Crippen LogP contribution in [0.5, 0.6) is 0 Å². The predicted octanol–water partition coefficient (Wildman–Crippen LogP) is 4.99. The van der Waals surface area contributed by atoms with E-state index in [4.69, 9.17) is 4.74 Å². The van der Waals surface area contributed by atoms with Crippen LogP contribution in [0.25, 0.3) is 0 Å². The fraction of sp³-hybridized carbons (Fsp3) is 0.800. The van der Waals surface area contributed by atoms with Gasteiger partial charge < -0.3 is 4.74 Å². The summed E-state index contributed by atoms with van der Waals surface area (Å²) in [5.41, 5.74) is 0. The van der Waals surface area contributed by atoms with Gasteiger partial charge in [0.2, 0.25) is 0 Å². The Morgan fingerprint density at radius 3 is 2.17 bits per heavy atom. The zero-order valence-electron chi connectivity index (χ0n) is 8.96. The first-order chi connectivity index (χ1) is 8.29. The third-order valence-electron chi connectivity index (χ3n) is 1.92. The highest BCUT2D eigenvalue weighted by Gasteiger charge is 2.35. The monoisotopic (exact) mass is 330 g/mol. The highest BCUT2D eigenvalue weighted by Crippen LogP contribution is 2.72. The molecule has 0 saturated carbocycles. The lowest BCUT2D eigenvalue weighted by atomic mass is 10.5. The van der Waals surface area contributed by atoms with Gasteiger partial charge >= 0.3 is 24.2 Å². The molecule has 1 aliphatic rings. The molecule has 1 rings (SSSR count). The minimum Gasteiger partial charge on any atom is -0.379 e. The molecule has 0 aliphatic carbocycles. The van der Waals surface area contributed by atoms with Crippen molar-refractivity contribution >= 4 is 30.9 Å². The Balaban J connectivity index is 3.18. The summed E-state index contributed by atoms with van der Waals surface area (Å²) in [6, 6.07) is 0. The molecule has 1 fully saturated rings. The summed E-state index contributed by atoms with van der Waals surface area (Å²) in [4.78, 5) is 0. The van der Waals surface area contributed by atoms with Crippen molar-refractivity contribution < 1.29 is 25.7 Å². The molecule has 1 saturated heterocycles. The van der Waals surface area contributed by atoms with E-state index in [9.17, 15) is 21.0 Å². The molecule has 0 amide bonds. The average molecular weight is 330 g/mol. The van der Waals surface area contributed by atoms with Gasteiger partial charge in [-0.15, -0.1) is 12.9 Å². The average Bonchev–Trinajstić information content (AvgIpc) is 2.28. The van der Waals surface area contributed by atoms with E-state index in [1.165, 1.54) is 0 Å². The Labute approximate surface area is 102 Å². The van der Waals surface area contributed by atoms with Crippen molar-refractivity contribution in [2.45, 2.75) is 0 Å². The number of hydrogen-bond donors (Lipinski definition) is 0. The molecular formula is C5H10F5N4OP3. The van der Waals surface area contributed by atoms with Crippen molar-refractivity contribution in [2.75, 3.05) is 26.3 Å². The van der Waals surface area contributed by atoms with E-state index in [0.29, 0.717) is 0 Å². The normalized spacial score (nSPS) is 21.4. The lowest BCUT2D eigenvalue weighted by Gasteiger charge is -2.29. The molecule has 13 heteroatoms. The van der Waals surface area contributed by atoms with Crippen molar-refractivity contribution in [2.24, 2.45) is 13.8 Å². The van der Waals surface area contributed by atoms with E-state index in [1.54, 1.807) is 0 Å². The van der Waals surface area contributed by atoms with E-state index in [1.807, 2.05) is 0 Å². The molecule has 0 bridgehead atoms. The van der Waals surface area contributed by atoms with Crippen LogP contribution < -0.4 is 0 Å². The largest absolute Gasteiger partial charge is 0.419 e. The molecule has 0 spiro atoms. The van der Waals surface area contributed by atoms with Crippen molar-refractivity contribution in [1.82, 2.24) is 4.67 Å². The molecule has 18 heavy (non-hydrogen) atoms. The summed E-state index contributed by atoms with van der Waals surface area (Å²) >= 11 is 0. The minimum absolute atomic E-state index is 0.0543. The molecule has 1 heterocycles. The van der Waals surface area contributed by atoms with E-state index in [0.717, 1.165) is 4.67 Å². The van der Waals surface area contributed by atoms with Crippen molar-refractivity contribution in [3.63, 3.8) is 0 Å². The zero-order valence-corrected chi connectivity index (χ0v) is 11.6. The SMILES string of the molecule is C=NP(F)(F)=NP(F)(=NP(F)F)N1CCOCC1. The maximum Gasteiger partial charge on any atom is 0.419 e. The van der Waals surface area contributed by atoms with Crippen LogP contribution in [0.1, 0.15) is 0 Å². The van der Waals surface area contributed by atoms with Gasteiger partial charge in [0.25, 0.3) is 0 Å². The lowest BCUT2D eigenvalue weighted by Crippen LogP contribution is -2.32. The number of hydrogen-bond acceptors (Lipinski definition) is 2. The maximum absolute atomic E-state index is 14.3. The van der Waals surface area contributed by atoms with Gasteiger partial charge in [0.15, 0.2) is 0 Å². The van der Waals surface area contributed by atoms with Crippen LogP contribution in [0, 0.1) is 0 Å². The summed E-state index contributed by atoms with van der Waals surface area (Å²) < 4.78 is 77.9. The third-order valence-corrected chi connectivity index (χ3v) is 6.60. The number of ether oxygens (including phenoxy) is 1. The second kappa shape index (κ2) is 6.53. The van der Waals surface area contributed by atoms with Crippen LogP contribution in [-0.4, -0.2) is 37.7 Å². The van der Waals surface area contributed by atoms with Gasteiger partial charge in [0.1, 0.15) is 0 Å². The Morgan fingerprint density at radius 2 is 1.72 bits per heavy atom. The molecule has 0 radical (unpaired) electrons. The van der Waals surface area contributed by atoms with Crippen LogP contribution in [0.2, 0.25) is 0 Å². The first-order valence-electron chi connectivity index (χ1n) is 4.57. The minimum atomic E-state index is -5.35. The molecule has 5 nitrogen and oxygen atoms in total. The molecule has 0 N–H and O–H groups in total. The quantitative estimate of drug-likeness (QED) is 0.414. The van der Waals surface area contributed by atoms with Gasteiger partial charge in [-0.1, -0.05) is 0 Å². The zero-order chi connectivity index (χ0) is 13.8. The smallest absolute Gasteiger partial charge is 0.379 e. The molecule has 1 unspecified atom stereocenters. The fourth-order valence-corrected chi connectivity index (χ4v) is 5.24. The molecule has 0 aromatic carbocycles. The van der Waals surface area contributed by atoms with Gasteiger partial charge in [-0.05, 0) is 6.72 Å². The van der Waals surface area contributed by atoms with Gasteiger partial charge in [0.05, 0.1) is 13.2 Å². The van der Waals surface area contributed by atoms with Crippen LogP contribution in [0.3, 0.4) is 0 Å². The first kappa shape index (κ1) is 16.2. The standard InChI is InChI=1S/C5H10F5N4OP3/c1-11-17(8,9)13-18(10,12-16(6)7)14-2-4-15-5-3-14/h1-5H2. The highest BCUT2D eigenvalue weighted by atomic mass is 31.3. The Morgan fingerprint density at radius 1 is 1.17 bits per heavy atom. The van der Waals surface area contributed by atoms with E-state index in [-0.39, 0.29) is 26.3 Å². The number of rotatable bonds is 4. The molecule has 1 aliphatic heterocycles. The van der Waals surface area contributed by atoms with E-state index < -0.39 is 24.2 Å². The van der Waals surface area contributed by atoms with Crippen LogP contribution in [-0.2, 0) is 4.74 Å². The molecular weight excluding hydrogens is 320 g/mol. The summed E-state index contributed by atoms with van der Waals surface area (Å²) in [5.74, 6) is 0. The second-order valence-electron chi connectivity index (χ2n) is 3.05. The van der Waals surface area contributed by atoms with Gasteiger partial charge in [-0.3, -0.25) is 0 Å². The highest BCUT2D eigenvalue weighted by molar-refractivity contribution is 7.70. The number of halogens is 5. The van der Waals surface area contributed by atoms with Crippen LogP contribution >= 0.6 is 24.2 Å². The lowest BCUT2D eigenvalue weighted by molar-refractivity contribution is 0.0723. The number of nitrogens with zero attached hydrogens (tertiary/aromatic N) is 4. The van der Waals surface area contributed by atoms with Crippen molar-refractivity contribution in [3.8, 4) is 0 Å². The van der Waals surface area contributed by atoms with Gasteiger partial charge in [-0.2, -0.15) is 17.1 Å². The molecule has 0 aromatic heterocycles. The maximum atomic E-state index is 14.3. The summed E-state index contributed by atoms with van der Waals surface area (Å²) in [6.45, 7) is 2.46. The summed E-state index contributed by atoms with van der Waals surface area (Å²) in [7, 11) is -14.2. The second-order valence-corrected chi connectivity index (χ2v) is 7.66. The topological polar surface area (TPSA) is 49.5 Å². The van der Waals surface area contributed by atoms with Gasteiger partial charge in [0, 0.05) is 13.1 Å². The van der Waals surface area contributed by atoms with Gasteiger partial charge in [-0.25, -0.2) is 9.43 Å². The van der Waals surface area contributed by atoms with Crippen molar-refractivity contribution in [1.29, 1.82) is 0 Å². The molecule has 1 atom stereocenters. The Hall–Kier alpha value is 0.130. The molecule has 0 aromatic rings. The van der Waals surface area contributed by atoms with E-state index >= 15 is 0 Å². The summed E-state index contributed by atoms with van der Waals surface area (Å²) in [6.07, 6.45) is 0. The van der Waals surface area contributed by atoms with E-state index in [2.05, 4.69) is 20.5 Å².